The Morgan fingerprint density at radius 3 is 2.55 bits per heavy atom. The maximum absolute atomic E-state index is 4.67. The molecule has 4 nitrogen and oxygen atoms in total. The zero-order valence-corrected chi connectivity index (χ0v) is 11.4. The summed E-state index contributed by atoms with van der Waals surface area (Å²) in [4.78, 5) is 0. The fourth-order valence-corrected chi connectivity index (χ4v) is 2.67. The van der Waals surface area contributed by atoms with E-state index in [4.69, 9.17) is 0 Å². The fraction of sp³-hybridized carbons (Fsp3) is 0.125. The Balaban J connectivity index is 2.10. The van der Waals surface area contributed by atoms with Gasteiger partial charge in [-0.25, -0.2) is 4.68 Å². The second-order valence-electron chi connectivity index (χ2n) is 5.06. The first-order valence-electron chi connectivity index (χ1n) is 6.63. The molecule has 0 amide bonds. The van der Waals surface area contributed by atoms with Gasteiger partial charge in [0.25, 0.3) is 0 Å². The number of rotatable bonds is 1. The van der Waals surface area contributed by atoms with Crippen LogP contribution in [0.4, 0.5) is 0 Å². The lowest BCUT2D eigenvalue weighted by Gasteiger charge is -2.02. The van der Waals surface area contributed by atoms with Crippen LogP contribution in [0.25, 0.3) is 27.5 Å². The Hall–Kier alpha value is -2.62. The molecule has 0 saturated carbocycles. The van der Waals surface area contributed by atoms with Crippen LogP contribution >= 0.6 is 0 Å². The lowest BCUT2D eigenvalue weighted by Crippen LogP contribution is -1.95. The Morgan fingerprint density at radius 1 is 0.950 bits per heavy atom. The van der Waals surface area contributed by atoms with Gasteiger partial charge in [0, 0.05) is 10.8 Å². The topological polar surface area (TPSA) is 46.5 Å². The maximum atomic E-state index is 4.67. The molecular weight excluding hydrogens is 248 g/mol. The number of aryl methyl sites for hydroxylation is 2. The zero-order valence-electron chi connectivity index (χ0n) is 11.4. The third kappa shape index (κ3) is 1.48. The van der Waals surface area contributed by atoms with Crippen LogP contribution < -0.4 is 0 Å². The van der Waals surface area contributed by atoms with Gasteiger partial charge < -0.3 is 0 Å². The van der Waals surface area contributed by atoms with Crippen LogP contribution in [0.1, 0.15) is 11.4 Å². The van der Waals surface area contributed by atoms with E-state index >= 15 is 0 Å². The van der Waals surface area contributed by atoms with Gasteiger partial charge in [0.05, 0.1) is 28.1 Å². The highest BCUT2D eigenvalue weighted by Gasteiger charge is 2.12. The van der Waals surface area contributed by atoms with E-state index in [1.165, 1.54) is 5.39 Å². The number of fused-ring (bicyclic) bond motifs is 2. The smallest absolute Gasteiger partial charge is 0.0765 e. The first-order valence-corrected chi connectivity index (χ1v) is 6.63. The molecule has 0 saturated heterocycles. The van der Waals surface area contributed by atoms with Gasteiger partial charge in [-0.3, -0.25) is 5.10 Å². The number of hydrogen-bond acceptors (Lipinski definition) is 2. The van der Waals surface area contributed by atoms with Gasteiger partial charge in [-0.15, -0.1) is 0 Å². The number of H-pyrrole nitrogens is 1. The van der Waals surface area contributed by atoms with E-state index in [2.05, 4.69) is 39.6 Å². The van der Waals surface area contributed by atoms with E-state index in [1.807, 2.05) is 36.7 Å². The number of nitrogens with zero attached hydrogens (tertiary/aromatic N) is 3. The summed E-state index contributed by atoms with van der Waals surface area (Å²) in [5.41, 5.74) is 5.28. The number of hydrogen-bond donors (Lipinski definition) is 1. The minimum Gasteiger partial charge on any atom is -0.277 e. The monoisotopic (exact) mass is 262 g/mol. The second kappa shape index (κ2) is 3.93. The minimum atomic E-state index is 1.02. The van der Waals surface area contributed by atoms with Crippen LogP contribution in [-0.2, 0) is 0 Å². The van der Waals surface area contributed by atoms with E-state index in [0.717, 1.165) is 33.5 Å². The molecule has 0 radical (unpaired) electrons. The molecule has 4 heteroatoms. The average molecular weight is 262 g/mol. The van der Waals surface area contributed by atoms with E-state index < -0.39 is 0 Å². The summed E-state index contributed by atoms with van der Waals surface area (Å²) in [6.07, 6.45) is 0. The molecule has 2 aromatic heterocycles. The van der Waals surface area contributed by atoms with E-state index in [-0.39, 0.29) is 0 Å². The highest BCUT2D eigenvalue weighted by molar-refractivity contribution is 5.97. The number of aromatic nitrogens is 4. The predicted molar refractivity (Wildman–Crippen MR) is 80.2 cm³/mol. The van der Waals surface area contributed by atoms with Crippen molar-refractivity contribution in [3.8, 4) is 5.69 Å². The van der Waals surface area contributed by atoms with Gasteiger partial charge in [-0.2, -0.15) is 10.2 Å². The molecule has 2 heterocycles. The minimum absolute atomic E-state index is 1.02. The zero-order chi connectivity index (χ0) is 13.7. The van der Waals surface area contributed by atoms with Gasteiger partial charge >= 0.3 is 0 Å². The quantitative estimate of drug-likeness (QED) is 0.570. The number of benzene rings is 2. The van der Waals surface area contributed by atoms with Crippen LogP contribution in [-0.4, -0.2) is 20.0 Å². The first-order chi connectivity index (χ1) is 9.74. The molecule has 0 unspecified atom stereocenters. The maximum Gasteiger partial charge on any atom is 0.0765 e. The van der Waals surface area contributed by atoms with Gasteiger partial charge in [0.1, 0.15) is 0 Å². The third-order valence-corrected chi connectivity index (χ3v) is 3.74. The van der Waals surface area contributed by atoms with Gasteiger partial charge in [-0.1, -0.05) is 18.2 Å². The van der Waals surface area contributed by atoms with E-state index in [9.17, 15) is 0 Å². The lowest BCUT2D eigenvalue weighted by atomic mass is 10.1. The van der Waals surface area contributed by atoms with Crippen LogP contribution in [0.3, 0.4) is 0 Å². The normalized spacial score (nSPS) is 11.5. The predicted octanol–water partition coefficient (Wildman–Crippen LogP) is 3.52. The molecular formula is C16H14N4. The lowest BCUT2D eigenvalue weighted by molar-refractivity contribution is 0.889. The summed E-state index contributed by atoms with van der Waals surface area (Å²) in [6.45, 7) is 4.06. The Labute approximate surface area is 116 Å². The van der Waals surface area contributed by atoms with Crippen molar-refractivity contribution in [1.82, 2.24) is 20.0 Å². The second-order valence-corrected chi connectivity index (χ2v) is 5.06. The van der Waals surface area contributed by atoms with Crippen LogP contribution in [0.15, 0.2) is 42.5 Å². The molecule has 0 aliphatic carbocycles. The Kier molecular flexibility index (Phi) is 2.21. The van der Waals surface area contributed by atoms with Crippen molar-refractivity contribution in [1.29, 1.82) is 0 Å². The summed E-state index contributed by atoms with van der Waals surface area (Å²) in [5.74, 6) is 0. The van der Waals surface area contributed by atoms with Crippen molar-refractivity contribution in [3.63, 3.8) is 0 Å². The Bertz CT molecular complexity index is 916. The van der Waals surface area contributed by atoms with Crippen LogP contribution in [0.5, 0.6) is 0 Å². The van der Waals surface area contributed by atoms with Crippen LogP contribution in [0, 0.1) is 13.8 Å². The van der Waals surface area contributed by atoms with Crippen LogP contribution in [0.2, 0.25) is 0 Å². The molecule has 0 aliphatic rings. The number of aromatic amines is 1. The third-order valence-electron chi connectivity index (χ3n) is 3.74. The molecule has 0 atom stereocenters. The van der Waals surface area contributed by atoms with Gasteiger partial charge in [0.15, 0.2) is 0 Å². The molecule has 0 bridgehead atoms. The highest BCUT2D eigenvalue weighted by Crippen LogP contribution is 2.27. The average Bonchev–Trinajstić information content (AvgIpc) is 3.00. The molecule has 4 rings (SSSR count). The van der Waals surface area contributed by atoms with Crippen molar-refractivity contribution in [2.75, 3.05) is 0 Å². The van der Waals surface area contributed by atoms with Crippen molar-refractivity contribution in [2.45, 2.75) is 13.8 Å². The summed E-state index contributed by atoms with van der Waals surface area (Å²) in [6, 6.07) is 14.5. The van der Waals surface area contributed by atoms with Crippen molar-refractivity contribution >= 4 is 21.8 Å². The Morgan fingerprint density at radius 2 is 1.75 bits per heavy atom. The number of para-hydroxylation sites is 1. The van der Waals surface area contributed by atoms with E-state index in [1.54, 1.807) is 0 Å². The molecule has 20 heavy (non-hydrogen) atoms. The number of nitrogens with one attached hydrogen (secondary N) is 1. The summed E-state index contributed by atoms with van der Waals surface area (Å²) in [5, 5.41) is 14.4. The SMILES string of the molecule is Cc1n[nH]c2cc3c(cc12)c(C)nn3-c1ccccc1. The molecule has 2 aromatic carbocycles. The van der Waals surface area contributed by atoms with E-state index in [0.29, 0.717) is 0 Å². The molecule has 0 fully saturated rings. The highest BCUT2D eigenvalue weighted by atomic mass is 15.3. The van der Waals surface area contributed by atoms with Crippen molar-refractivity contribution < 1.29 is 0 Å². The standard InChI is InChI=1S/C16H14N4/c1-10-13-8-14-11(2)19-20(12-6-4-3-5-7-12)16(14)9-15(13)18-17-10/h3-9H,1-2H3,(H,17,18). The molecule has 1 N–H and O–H groups in total. The molecule has 98 valence electrons. The largest absolute Gasteiger partial charge is 0.277 e. The van der Waals surface area contributed by atoms with Crippen molar-refractivity contribution in [3.05, 3.63) is 53.9 Å². The first kappa shape index (κ1) is 11.2. The fourth-order valence-electron chi connectivity index (χ4n) is 2.67. The van der Waals surface area contributed by atoms with Gasteiger partial charge in [0.2, 0.25) is 0 Å². The summed E-state index contributed by atoms with van der Waals surface area (Å²) in [7, 11) is 0. The molecule has 0 spiro atoms. The van der Waals surface area contributed by atoms with Gasteiger partial charge in [-0.05, 0) is 38.1 Å². The summed E-state index contributed by atoms with van der Waals surface area (Å²) >= 11 is 0. The summed E-state index contributed by atoms with van der Waals surface area (Å²) < 4.78 is 1.99. The molecule has 0 aliphatic heterocycles. The molecule has 4 aromatic rings. The van der Waals surface area contributed by atoms with Crippen molar-refractivity contribution in [2.24, 2.45) is 0 Å².